The molecule has 1 aromatic rings. The first-order valence-corrected chi connectivity index (χ1v) is 5.93. The van der Waals surface area contributed by atoms with Gasteiger partial charge in [0.2, 0.25) is 5.91 Å². The van der Waals surface area contributed by atoms with E-state index in [1.54, 1.807) is 11.0 Å². The van der Waals surface area contributed by atoms with Crippen LogP contribution in [-0.2, 0) is 9.59 Å². The number of fused-ring (bicyclic) bond motifs is 1. The fraction of sp³-hybridized carbons (Fsp3) is 0.385. The van der Waals surface area contributed by atoms with E-state index in [0.29, 0.717) is 12.3 Å². The molecule has 5 nitrogen and oxygen atoms in total. The standard InChI is InChI=1S/C13H16N2O3/c1-3-14-12(16)7-15-8-13(17)18-11-6-9(2)4-5-10(11)15/h4-6H,3,7-8H2,1-2H3,(H,14,16). The molecule has 0 atom stereocenters. The zero-order valence-electron chi connectivity index (χ0n) is 10.5. The Morgan fingerprint density at radius 1 is 1.50 bits per heavy atom. The van der Waals surface area contributed by atoms with E-state index in [1.807, 2.05) is 26.0 Å². The van der Waals surface area contributed by atoms with Crippen molar-refractivity contribution in [3.8, 4) is 5.75 Å². The van der Waals surface area contributed by atoms with Crippen LogP contribution in [0.15, 0.2) is 18.2 Å². The van der Waals surface area contributed by atoms with Crippen molar-refractivity contribution in [2.45, 2.75) is 13.8 Å². The molecule has 0 aliphatic carbocycles. The molecule has 1 aromatic carbocycles. The van der Waals surface area contributed by atoms with Gasteiger partial charge in [-0.3, -0.25) is 4.79 Å². The number of ether oxygens (including phenoxy) is 1. The summed E-state index contributed by atoms with van der Waals surface area (Å²) in [5, 5.41) is 2.72. The van der Waals surface area contributed by atoms with Gasteiger partial charge in [0.1, 0.15) is 6.54 Å². The summed E-state index contributed by atoms with van der Waals surface area (Å²) in [4.78, 5) is 24.8. The van der Waals surface area contributed by atoms with E-state index in [2.05, 4.69) is 5.32 Å². The number of likely N-dealkylation sites (N-methyl/N-ethyl adjacent to an activating group) is 1. The van der Waals surface area contributed by atoms with Gasteiger partial charge in [-0.25, -0.2) is 4.79 Å². The van der Waals surface area contributed by atoms with E-state index >= 15 is 0 Å². The number of rotatable bonds is 3. The van der Waals surface area contributed by atoms with Crippen LogP contribution in [0.3, 0.4) is 0 Å². The van der Waals surface area contributed by atoms with Crippen LogP contribution >= 0.6 is 0 Å². The second-order valence-electron chi connectivity index (χ2n) is 4.25. The molecule has 1 heterocycles. The van der Waals surface area contributed by atoms with Gasteiger partial charge in [-0.1, -0.05) is 6.07 Å². The van der Waals surface area contributed by atoms with Gasteiger partial charge in [0.15, 0.2) is 5.75 Å². The summed E-state index contributed by atoms with van der Waals surface area (Å²) in [7, 11) is 0. The summed E-state index contributed by atoms with van der Waals surface area (Å²) in [6.07, 6.45) is 0. The molecule has 1 aliphatic rings. The Balaban J connectivity index is 2.22. The third-order valence-corrected chi connectivity index (χ3v) is 2.71. The SMILES string of the molecule is CCNC(=O)CN1CC(=O)Oc2cc(C)ccc21. The molecule has 0 radical (unpaired) electrons. The normalized spacial score (nSPS) is 13.9. The Bertz CT molecular complexity index is 485. The van der Waals surface area contributed by atoms with Crippen molar-refractivity contribution in [1.82, 2.24) is 5.32 Å². The molecule has 18 heavy (non-hydrogen) atoms. The number of amides is 1. The van der Waals surface area contributed by atoms with E-state index in [1.165, 1.54) is 0 Å². The van der Waals surface area contributed by atoms with Crippen molar-refractivity contribution in [2.24, 2.45) is 0 Å². The molecular formula is C13H16N2O3. The van der Waals surface area contributed by atoms with Gasteiger partial charge in [0.05, 0.1) is 12.2 Å². The Kier molecular flexibility index (Phi) is 3.50. The monoisotopic (exact) mass is 248 g/mol. The molecule has 5 heteroatoms. The molecular weight excluding hydrogens is 232 g/mol. The zero-order valence-corrected chi connectivity index (χ0v) is 10.5. The van der Waals surface area contributed by atoms with E-state index in [4.69, 9.17) is 4.74 Å². The average Bonchev–Trinajstić information content (AvgIpc) is 2.28. The Morgan fingerprint density at radius 3 is 3.00 bits per heavy atom. The van der Waals surface area contributed by atoms with Crippen LogP contribution in [-0.4, -0.2) is 31.5 Å². The Hall–Kier alpha value is -2.04. The average molecular weight is 248 g/mol. The van der Waals surface area contributed by atoms with Gasteiger partial charge in [-0.15, -0.1) is 0 Å². The third kappa shape index (κ3) is 2.61. The molecule has 1 amide bonds. The van der Waals surface area contributed by atoms with Crippen molar-refractivity contribution in [1.29, 1.82) is 0 Å². The minimum absolute atomic E-state index is 0.0984. The maximum atomic E-state index is 11.6. The van der Waals surface area contributed by atoms with Gasteiger partial charge in [0, 0.05) is 6.54 Å². The summed E-state index contributed by atoms with van der Waals surface area (Å²) in [6.45, 7) is 4.64. The largest absolute Gasteiger partial charge is 0.423 e. The molecule has 1 N–H and O–H groups in total. The highest BCUT2D eigenvalue weighted by atomic mass is 16.5. The van der Waals surface area contributed by atoms with Gasteiger partial charge in [-0.05, 0) is 31.5 Å². The number of nitrogens with one attached hydrogen (secondary N) is 1. The number of hydrogen-bond donors (Lipinski definition) is 1. The van der Waals surface area contributed by atoms with Gasteiger partial charge < -0.3 is 15.0 Å². The number of carbonyl (C=O) groups excluding carboxylic acids is 2. The number of anilines is 1. The lowest BCUT2D eigenvalue weighted by Crippen LogP contribution is -2.43. The second kappa shape index (κ2) is 5.08. The number of aryl methyl sites for hydroxylation is 1. The molecule has 2 rings (SSSR count). The van der Waals surface area contributed by atoms with Crippen LogP contribution in [0.25, 0.3) is 0 Å². The third-order valence-electron chi connectivity index (χ3n) is 2.71. The predicted octanol–water partition coefficient (Wildman–Crippen LogP) is 0.857. The first kappa shape index (κ1) is 12.4. The molecule has 0 fully saturated rings. The van der Waals surface area contributed by atoms with Crippen LogP contribution in [0, 0.1) is 6.92 Å². The van der Waals surface area contributed by atoms with Gasteiger partial charge >= 0.3 is 5.97 Å². The highest BCUT2D eigenvalue weighted by molar-refractivity contribution is 5.89. The highest BCUT2D eigenvalue weighted by Gasteiger charge is 2.25. The van der Waals surface area contributed by atoms with Crippen LogP contribution in [0.1, 0.15) is 12.5 Å². The lowest BCUT2D eigenvalue weighted by Gasteiger charge is -2.29. The maximum absolute atomic E-state index is 11.6. The highest BCUT2D eigenvalue weighted by Crippen LogP contribution is 2.32. The van der Waals surface area contributed by atoms with Crippen molar-refractivity contribution in [3.05, 3.63) is 23.8 Å². The smallest absolute Gasteiger partial charge is 0.331 e. The fourth-order valence-electron chi connectivity index (χ4n) is 1.93. The first-order chi connectivity index (χ1) is 8.60. The molecule has 0 saturated carbocycles. The summed E-state index contributed by atoms with van der Waals surface area (Å²) in [6, 6.07) is 5.61. The fourth-order valence-corrected chi connectivity index (χ4v) is 1.93. The number of carbonyl (C=O) groups is 2. The minimum Gasteiger partial charge on any atom is -0.423 e. The van der Waals surface area contributed by atoms with Crippen LogP contribution in [0.2, 0.25) is 0 Å². The summed E-state index contributed by atoms with van der Waals surface area (Å²) < 4.78 is 5.17. The number of esters is 1. The molecule has 96 valence electrons. The first-order valence-electron chi connectivity index (χ1n) is 5.93. The summed E-state index contributed by atoms with van der Waals surface area (Å²) in [5.74, 6) is 0.0895. The number of benzene rings is 1. The number of hydrogen-bond acceptors (Lipinski definition) is 4. The van der Waals surface area contributed by atoms with Crippen LogP contribution in [0.4, 0.5) is 5.69 Å². The Labute approximate surface area is 106 Å². The topological polar surface area (TPSA) is 58.6 Å². The van der Waals surface area contributed by atoms with Crippen molar-refractivity contribution < 1.29 is 14.3 Å². The molecule has 0 aromatic heterocycles. The minimum atomic E-state index is -0.336. The lowest BCUT2D eigenvalue weighted by atomic mass is 10.1. The van der Waals surface area contributed by atoms with E-state index in [0.717, 1.165) is 11.3 Å². The van der Waals surface area contributed by atoms with Gasteiger partial charge in [-0.2, -0.15) is 0 Å². The number of nitrogens with zero attached hydrogens (tertiary/aromatic N) is 1. The quantitative estimate of drug-likeness (QED) is 0.636. The van der Waals surface area contributed by atoms with Crippen molar-refractivity contribution in [2.75, 3.05) is 24.5 Å². The van der Waals surface area contributed by atoms with Crippen molar-refractivity contribution >= 4 is 17.6 Å². The molecule has 0 unspecified atom stereocenters. The zero-order chi connectivity index (χ0) is 13.1. The summed E-state index contributed by atoms with van der Waals surface area (Å²) >= 11 is 0. The van der Waals surface area contributed by atoms with E-state index < -0.39 is 0 Å². The molecule has 0 spiro atoms. The second-order valence-corrected chi connectivity index (χ2v) is 4.25. The Morgan fingerprint density at radius 2 is 2.28 bits per heavy atom. The summed E-state index contributed by atoms with van der Waals surface area (Å²) in [5.41, 5.74) is 1.80. The van der Waals surface area contributed by atoms with E-state index in [9.17, 15) is 9.59 Å². The molecule has 0 saturated heterocycles. The van der Waals surface area contributed by atoms with Gasteiger partial charge in [0.25, 0.3) is 0 Å². The molecule has 1 aliphatic heterocycles. The van der Waals surface area contributed by atoms with Crippen LogP contribution < -0.4 is 15.0 Å². The predicted molar refractivity (Wildman–Crippen MR) is 67.7 cm³/mol. The molecule has 0 bridgehead atoms. The van der Waals surface area contributed by atoms with E-state index in [-0.39, 0.29) is 25.0 Å². The van der Waals surface area contributed by atoms with Crippen LogP contribution in [0.5, 0.6) is 5.75 Å². The maximum Gasteiger partial charge on any atom is 0.331 e. The lowest BCUT2D eigenvalue weighted by molar-refractivity contribution is -0.133. The van der Waals surface area contributed by atoms with Crippen molar-refractivity contribution in [3.63, 3.8) is 0 Å².